The standard InChI is InChI=1S/C20H25N3O3/c1-15(2)23-19(24)11-12-21-20(25)22-14-16-7-6-10-18(13-16)26-17-8-4-3-5-9-17/h3-10,13,15H,11-12,14H2,1-2H3,(H,23,24)(H2,21,22,25). The van der Waals surface area contributed by atoms with Crippen LogP contribution in [0.15, 0.2) is 54.6 Å². The smallest absolute Gasteiger partial charge is 0.315 e. The van der Waals surface area contributed by atoms with Crippen molar-refractivity contribution in [1.29, 1.82) is 0 Å². The summed E-state index contributed by atoms with van der Waals surface area (Å²) in [5, 5.41) is 8.21. The molecule has 0 saturated heterocycles. The predicted octanol–water partition coefficient (Wildman–Crippen LogP) is 3.19. The zero-order valence-corrected chi connectivity index (χ0v) is 15.1. The molecule has 2 rings (SSSR count). The Balaban J connectivity index is 1.74. The lowest BCUT2D eigenvalue weighted by Gasteiger charge is -2.11. The third-order valence-corrected chi connectivity index (χ3v) is 3.42. The summed E-state index contributed by atoms with van der Waals surface area (Å²) in [5.41, 5.74) is 0.922. The first-order chi connectivity index (χ1) is 12.5. The van der Waals surface area contributed by atoms with Gasteiger partial charge in [-0.3, -0.25) is 4.79 Å². The second kappa shape index (κ2) is 10.1. The Bertz CT molecular complexity index is 717. The highest BCUT2D eigenvalue weighted by Crippen LogP contribution is 2.21. The SMILES string of the molecule is CC(C)NC(=O)CCNC(=O)NCc1cccc(Oc2ccccc2)c1. The Morgan fingerprint density at radius 1 is 0.962 bits per heavy atom. The van der Waals surface area contributed by atoms with Crippen LogP contribution >= 0.6 is 0 Å². The number of nitrogens with one attached hydrogen (secondary N) is 3. The molecule has 0 spiro atoms. The molecule has 0 fully saturated rings. The molecule has 6 heteroatoms. The van der Waals surface area contributed by atoms with Gasteiger partial charge < -0.3 is 20.7 Å². The van der Waals surface area contributed by atoms with Crippen LogP contribution < -0.4 is 20.7 Å². The average Bonchev–Trinajstić information content (AvgIpc) is 2.60. The van der Waals surface area contributed by atoms with Crippen LogP contribution in [-0.4, -0.2) is 24.5 Å². The van der Waals surface area contributed by atoms with E-state index in [9.17, 15) is 9.59 Å². The fourth-order valence-electron chi connectivity index (χ4n) is 2.27. The van der Waals surface area contributed by atoms with E-state index in [1.807, 2.05) is 68.4 Å². The molecule has 0 aliphatic carbocycles. The van der Waals surface area contributed by atoms with Crippen molar-refractivity contribution in [2.45, 2.75) is 32.9 Å². The molecule has 2 aromatic carbocycles. The Morgan fingerprint density at radius 3 is 2.42 bits per heavy atom. The molecule has 6 nitrogen and oxygen atoms in total. The van der Waals surface area contributed by atoms with Gasteiger partial charge in [0.25, 0.3) is 0 Å². The van der Waals surface area contributed by atoms with Gasteiger partial charge in [-0.1, -0.05) is 30.3 Å². The van der Waals surface area contributed by atoms with Gasteiger partial charge in [-0.15, -0.1) is 0 Å². The zero-order chi connectivity index (χ0) is 18.8. The number of benzene rings is 2. The van der Waals surface area contributed by atoms with E-state index < -0.39 is 0 Å². The molecule has 0 radical (unpaired) electrons. The second-order valence-electron chi connectivity index (χ2n) is 6.14. The molecule has 3 N–H and O–H groups in total. The summed E-state index contributed by atoms with van der Waals surface area (Å²) < 4.78 is 5.78. The Labute approximate surface area is 153 Å². The number of carbonyl (C=O) groups is 2. The van der Waals surface area contributed by atoms with Crippen LogP contribution in [0.4, 0.5) is 4.79 Å². The van der Waals surface area contributed by atoms with E-state index >= 15 is 0 Å². The fraction of sp³-hybridized carbons (Fsp3) is 0.300. The van der Waals surface area contributed by atoms with E-state index in [1.54, 1.807) is 0 Å². The number of para-hydroxylation sites is 1. The first-order valence-corrected chi connectivity index (χ1v) is 8.66. The van der Waals surface area contributed by atoms with E-state index in [2.05, 4.69) is 16.0 Å². The van der Waals surface area contributed by atoms with Crippen molar-refractivity contribution < 1.29 is 14.3 Å². The summed E-state index contributed by atoms with van der Waals surface area (Å²) in [5.74, 6) is 1.39. The van der Waals surface area contributed by atoms with Gasteiger partial charge in [-0.2, -0.15) is 0 Å². The van der Waals surface area contributed by atoms with Crippen LogP contribution in [0.1, 0.15) is 25.8 Å². The number of rotatable bonds is 8. The molecule has 138 valence electrons. The molecule has 3 amide bonds. The number of hydrogen-bond donors (Lipinski definition) is 3. The molecule has 0 aliphatic heterocycles. The molecule has 0 saturated carbocycles. The van der Waals surface area contributed by atoms with Crippen LogP contribution in [-0.2, 0) is 11.3 Å². The van der Waals surface area contributed by atoms with Crippen LogP contribution in [0.25, 0.3) is 0 Å². The van der Waals surface area contributed by atoms with Crippen LogP contribution in [0.2, 0.25) is 0 Å². The molecule has 2 aromatic rings. The highest BCUT2D eigenvalue weighted by molar-refractivity contribution is 5.78. The van der Waals surface area contributed by atoms with Crippen LogP contribution in [0.3, 0.4) is 0 Å². The summed E-state index contributed by atoms with van der Waals surface area (Å²) in [6.45, 7) is 4.46. The second-order valence-corrected chi connectivity index (χ2v) is 6.14. The number of carbonyl (C=O) groups excluding carboxylic acids is 2. The quantitative estimate of drug-likeness (QED) is 0.680. The van der Waals surface area contributed by atoms with E-state index in [4.69, 9.17) is 4.74 Å². The van der Waals surface area contributed by atoms with Gasteiger partial charge in [0.2, 0.25) is 5.91 Å². The zero-order valence-electron chi connectivity index (χ0n) is 15.1. The summed E-state index contributed by atoms with van der Waals surface area (Å²) in [6, 6.07) is 16.8. The minimum absolute atomic E-state index is 0.0777. The Hall–Kier alpha value is -3.02. The number of urea groups is 1. The maximum Gasteiger partial charge on any atom is 0.315 e. The van der Waals surface area contributed by atoms with Crippen LogP contribution in [0, 0.1) is 0 Å². The molecule has 0 aromatic heterocycles. The molecule has 26 heavy (non-hydrogen) atoms. The third-order valence-electron chi connectivity index (χ3n) is 3.42. The van der Waals surface area contributed by atoms with Crippen molar-refractivity contribution >= 4 is 11.9 Å². The molecule has 0 unspecified atom stereocenters. The maximum atomic E-state index is 11.8. The molecular formula is C20H25N3O3. The number of amides is 3. The van der Waals surface area contributed by atoms with Gasteiger partial charge in [-0.05, 0) is 43.7 Å². The maximum absolute atomic E-state index is 11.8. The third kappa shape index (κ3) is 7.25. The topological polar surface area (TPSA) is 79.5 Å². The van der Waals surface area contributed by atoms with Crippen molar-refractivity contribution in [2.75, 3.05) is 6.54 Å². The first kappa shape index (κ1) is 19.3. The summed E-state index contributed by atoms with van der Waals surface area (Å²) >= 11 is 0. The highest BCUT2D eigenvalue weighted by atomic mass is 16.5. The van der Waals surface area contributed by atoms with E-state index in [-0.39, 0.29) is 24.4 Å². The minimum Gasteiger partial charge on any atom is -0.457 e. The van der Waals surface area contributed by atoms with Gasteiger partial charge in [-0.25, -0.2) is 4.79 Å². The molecule has 0 bridgehead atoms. The minimum atomic E-state index is -0.309. The van der Waals surface area contributed by atoms with Crippen molar-refractivity contribution in [1.82, 2.24) is 16.0 Å². The largest absolute Gasteiger partial charge is 0.457 e. The lowest BCUT2D eigenvalue weighted by molar-refractivity contribution is -0.121. The van der Waals surface area contributed by atoms with Crippen LogP contribution in [0.5, 0.6) is 11.5 Å². The predicted molar refractivity (Wildman–Crippen MR) is 101 cm³/mol. The van der Waals surface area contributed by atoms with Gasteiger partial charge in [0.05, 0.1) is 0 Å². The first-order valence-electron chi connectivity index (χ1n) is 8.66. The van der Waals surface area contributed by atoms with Crippen molar-refractivity contribution in [3.8, 4) is 11.5 Å². The van der Waals surface area contributed by atoms with E-state index in [1.165, 1.54) is 0 Å². The van der Waals surface area contributed by atoms with Gasteiger partial charge in [0, 0.05) is 25.6 Å². The van der Waals surface area contributed by atoms with E-state index in [0.717, 1.165) is 11.3 Å². The lowest BCUT2D eigenvalue weighted by Crippen LogP contribution is -2.38. The molecule has 0 aliphatic rings. The van der Waals surface area contributed by atoms with Gasteiger partial charge in [0.1, 0.15) is 11.5 Å². The Morgan fingerprint density at radius 2 is 1.69 bits per heavy atom. The lowest BCUT2D eigenvalue weighted by atomic mass is 10.2. The summed E-state index contributed by atoms with van der Waals surface area (Å²) in [4.78, 5) is 23.3. The van der Waals surface area contributed by atoms with Crippen molar-refractivity contribution in [3.63, 3.8) is 0 Å². The molecular weight excluding hydrogens is 330 g/mol. The summed E-state index contributed by atoms with van der Waals surface area (Å²) in [7, 11) is 0. The average molecular weight is 355 g/mol. The van der Waals surface area contributed by atoms with Crippen molar-refractivity contribution in [3.05, 3.63) is 60.2 Å². The Kier molecular flexibility index (Phi) is 7.49. The number of ether oxygens (including phenoxy) is 1. The van der Waals surface area contributed by atoms with Gasteiger partial charge >= 0.3 is 6.03 Å². The van der Waals surface area contributed by atoms with Crippen molar-refractivity contribution in [2.24, 2.45) is 0 Å². The molecule has 0 heterocycles. The van der Waals surface area contributed by atoms with Gasteiger partial charge in [0.15, 0.2) is 0 Å². The highest BCUT2D eigenvalue weighted by Gasteiger charge is 2.05. The number of hydrogen-bond acceptors (Lipinski definition) is 3. The van der Waals surface area contributed by atoms with E-state index in [0.29, 0.717) is 18.8 Å². The monoisotopic (exact) mass is 355 g/mol. The molecule has 0 atom stereocenters. The fourth-order valence-corrected chi connectivity index (χ4v) is 2.27. The normalized spacial score (nSPS) is 10.3. The summed E-state index contributed by atoms with van der Waals surface area (Å²) in [6.07, 6.45) is 0.256.